The molecule has 14 heteroatoms. The number of hydrogen-bond acceptors (Lipinski definition) is 7. The first-order valence-corrected chi connectivity index (χ1v) is 17.4. The molecule has 0 radical (unpaired) electrons. The van der Waals surface area contributed by atoms with E-state index in [2.05, 4.69) is 20.3 Å². The first kappa shape index (κ1) is 33.0. The van der Waals surface area contributed by atoms with Gasteiger partial charge >= 0.3 is 6.09 Å². The molecule has 3 aromatic heterocycles. The van der Waals surface area contributed by atoms with Crippen LogP contribution in [0.5, 0.6) is 5.75 Å². The number of imidazole rings is 1. The fourth-order valence-electron chi connectivity index (χ4n) is 6.28. The van der Waals surface area contributed by atoms with E-state index in [4.69, 9.17) is 21.1 Å². The lowest BCUT2D eigenvalue weighted by Crippen LogP contribution is -2.51. The largest absolute Gasteiger partial charge is 0.464 e. The summed E-state index contributed by atoms with van der Waals surface area (Å²) in [5, 5.41) is 4.27. The van der Waals surface area contributed by atoms with Crippen LogP contribution >= 0.6 is 22.9 Å². The quantitative estimate of drug-likeness (QED) is 0.152. The predicted molar refractivity (Wildman–Crippen MR) is 183 cm³/mol. The maximum absolute atomic E-state index is 16.3. The molecule has 1 saturated carbocycles. The van der Waals surface area contributed by atoms with Gasteiger partial charge in [0.05, 0.1) is 52.2 Å². The van der Waals surface area contributed by atoms with Crippen molar-refractivity contribution >= 4 is 45.8 Å². The average Bonchev–Trinajstić information content (AvgIpc) is 3.49. The molecule has 7 rings (SSSR count). The standard InChI is InChI=1S/C35H35ClF2N6O4S/c1-5-10-43(33(45)30(17(2)3)42-35(46)47-4)16-27-39-14-23(41-27)19-11-22(37)28-25(12-19)48-34(26-15-40-32(49-26)18-6-7-18)44-24-9-8-20(36)13-21(24)29(38)31(28)44/h8-9,11-15,17-18,30,34H,5-7,10,16H2,1-4H3,(H,39,41)(H,42,46)/t30-,34?/m0/s1. The van der Waals surface area contributed by atoms with Crippen molar-refractivity contribution in [2.24, 2.45) is 5.92 Å². The van der Waals surface area contributed by atoms with Crippen LogP contribution in [0.4, 0.5) is 13.6 Å². The summed E-state index contributed by atoms with van der Waals surface area (Å²) in [4.78, 5) is 40.2. The highest BCUT2D eigenvalue weighted by Gasteiger charge is 2.37. The fraction of sp³-hybridized carbons (Fsp3) is 0.371. The molecule has 0 saturated heterocycles. The van der Waals surface area contributed by atoms with Gasteiger partial charge in [-0.15, -0.1) is 11.3 Å². The van der Waals surface area contributed by atoms with Crippen LogP contribution in [-0.4, -0.2) is 56.1 Å². The van der Waals surface area contributed by atoms with Crippen molar-refractivity contribution in [3.8, 4) is 28.3 Å². The summed E-state index contributed by atoms with van der Waals surface area (Å²) < 4.78 is 45.4. The third-order valence-corrected chi connectivity index (χ3v) is 10.3. The number of amides is 2. The smallest absolute Gasteiger partial charge is 0.407 e. The molecule has 0 bridgehead atoms. The van der Waals surface area contributed by atoms with Gasteiger partial charge in [-0.2, -0.15) is 0 Å². The Hall–Kier alpha value is -4.49. The Balaban J connectivity index is 1.24. The molecule has 2 atom stereocenters. The number of alkyl carbamates (subject to hydrolysis) is 1. The number of rotatable bonds is 10. The first-order chi connectivity index (χ1) is 23.6. The predicted octanol–water partition coefficient (Wildman–Crippen LogP) is 8.02. The zero-order chi connectivity index (χ0) is 34.6. The molecule has 2 aromatic carbocycles. The second-order valence-corrected chi connectivity index (χ2v) is 14.3. The molecule has 2 aliphatic rings. The van der Waals surface area contributed by atoms with Gasteiger partial charge in [0.1, 0.15) is 23.4 Å². The SMILES string of the molecule is CCCN(Cc1ncc(-c2cc(F)c3c(c2)OC(c2cnc(C4CC4)s2)n2c-3c(F)c3cc(Cl)ccc32)[nH]1)C(=O)[C@@H](NC(=O)OC)C(C)C. The van der Waals surface area contributed by atoms with Crippen molar-refractivity contribution < 1.29 is 27.8 Å². The van der Waals surface area contributed by atoms with Gasteiger partial charge in [-0.3, -0.25) is 9.36 Å². The molecular weight excluding hydrogens is 674 g/mol. The second kappa shape index (κ2) is 13.1. The van der Waals surface area contributed by atoms with E-state index in [1.54, 1.807) is 40.1 Å². The lowest BCUT2D eigenvalue weighted by atomic mass is 10.0. The highest BCUT2D eigenvalue weighted by Crippen LogP contribution is 2.50. The molecule has 1 aliphatic carbocycles. The molecule has 1 fully saturated rings. The Morgan fingerprint density at radius 3 is 2.71 bits per heavy atom. The van der Waals surface area contributed by atoms with Crippen molar-refractivity contribution in [2.45, 2.75) is 64.8 Å². The van der Waals surface area contributed by atoms with E-state index in [1.807, 2.05) is 20.8 Å². The van der Waals surface area contributed by atoms with Gasteiger partial charge in [0, 0.05) is 34.6 Å². The minimum absolute atomic E-state index is 0.00837. The lowest BCUT2D eigenvalue weighted by Gasteiger charge is -2.29. The van der Waals surface area contributed by atoms with Crippen molar-refractivity contribution in [1.29, 1.82) is 0 Å². The minimum Gasteiger partial charge on any atom is -0.464 e. The van der Waals surface area contributed by atoms with E-state index in [-0.39, 0.29) is 40.8 Å². The number of fused-ring (bicyclic) bond motifs is 5. The molecule has 4 heterocycles. The van der Waals surface area contributed by atoms with Crippen LogP contribution in [0, 0.1) is 17.6 Å². The number of aromatic amines is 1. The van der Waals surface area contributed by atoms with Crippen molar-refractivity contribution in [3.05, 3.63) is 75.1 Å². The molecule has 10 nitrogen and oxygen atoms in total. The van der Waals surface area contributed by atoms with E-state index >= 15 is 8.78 Å². The van der Waals surface area contributed by atoms with Crippen molar-refractivity contribution in [3.63, 3.8) is 0 Å². The van der Waals surface area contributed by atoms with Gasteiger partial charge in [0.15, 0.2) is 5.82 Å². The number of halogens is 3. The van der Waals surface area contributed by atoms with Crippen LogP contribution in [0.1, 0.15) is 67.9 Å². The number of thiazole rings is 1. The monoisotopic (exact) mass is 708 g/mol. The average molecular weight is 709 g/mol. The first-order valence-electron chi connectivity index (χ1n) is 16.2. The number of H-pyrrole nitrogens is 1. The van der Waals surface area contributed by atoms with Crippen LogP contribution in [0.15, 0.2) is 42.7 Å². The van der Waals surface area contributed by atoms with Gasteiger partial charge in [-0.25, -0.2) is 23.5 Å². The summed E-state index contributed by atoms with van der Waals surface area (Å²) in [6, 6.07) is 7.12. The van der Waals surface area contributed by atoms with E-state index in [0.29, 0.717) is 46.5 Å². The van der Waals surface area contributed by atoms with Crippen LogP contribution in [0.2, 0.25) is 5.02 Å². The zero-order valence-electron chi connectivity index (χ0n) is 27.4. The number of nitrogens with one attached hydrogen (secondary N) is 2. The maximum Gasteiger partial charge on any atom is 0.407 e. The van der Waals surface area contributed by atoms with E-state index in [1.165, 1.54) is 30.6 Å². The Morgan fingerprint density at radius 2 is 2.00 bits per heavy atom. The third-order valence-electron chi connectivity index (χ3n) is 8.86. The van der Waals surface area contributed by atoms with E-state index in [0.717, 1.165) is 22.7 Å². The number of carbonyl (C=O) groups excluding carboxylic acids is 2. The molecule has 0 spiro atoms. The molecule has 1 unspecified atom stereocenters. The summed E-state index contributed by atoms with van der Waals surface area (Å²) in [7, 11) is 1.25. The molecule has 1 aliphatic heterocycles. The summed E-state index contributed by atoms with van der Waals surface area (Å²) in [5.74, 6) is -0.651. The third kappa shape index (κ3) is 6.14. The van der Waals surface area contributed by atoms with Crippen LogP contribution in [-0.2, 0) is 16.1 Å². The van der Waals surface area contributed by atoms with Crippen LogP contribution < -0.4 is 10.1 Å². The lowest BCUT2D eigenvalue weighted by molar-refractivity contribution is -0.135. The minimum atomic E-state index is -0.792. The van der Waals surface area contributed by atoms with Gasteiger partial charge in [-0.05, 0) is 55.5 Å². The topological polar surface area (TPSA) is 114 Å². The van der Waals surface area contributed by atoms with E-state index < -0.39 is 30.0 Å². The van der Waals surface area contributed by atoms with Gasteiger partial charge in [-0.1, -0.05) is 32.4 Å². The van der Waals surface area contributed by atoms with Crippen LogP contribution in [0.25, 0.3) is 33.4 Å². The van der Waals surface area contributed by atoms with Gasteiger partial charge in [0.2, 0.25) is 12.1 Å². The van der Waals surface area contributed by atoms with Gasteiger partial charge in [0.25, 0.3) is 0 Å². The Morgan fingerprint density at radius 1 is 1.20 bits per heavy atom. The molecule has 2 amide bonds. The fourth-order valence-corrected chi connectivity index (χ4v) is 7.56. The Bertz CT molecular complexity index is 2070. The number of benzene rings is 2. The summed E-state index contributed by atoms with van der Waals surface area (Å²) in [5.41, 5.74) is 1.54. The number of ether oxygens (including phenoxy) is 2. The Kier molecular flexibility index (Phi) is 8.82. The number of methoxy groups -OCH3 is 1. The van der Waals surface area contributed by atoms with E-state index in [9.17, 15) is 9.59 Å². The molecular formula is C35H35ClF2N6O4S. The number of aromatic nitrogens is 4. The summed E-state index contributed by atoms with van der Waals surface area (Å²) in [6.07, 6.45) is 4.69. The molecule has 5 aromatic rings. The maximum atomic E-state index is 16.3. The van der Waals surface area contributed by atoms with Gasteiger partial charge < -0.3 is 24.7 Å². The second-order valence-electron chi connectivity index (χ2n) is 12.7. The summed E-state index contributed by atoms with van der Waals surface area (Å²) >= 11 is 7.77. The normalized spacial score (nSPS) is 15.9. The Labute approximate surface area is 290 Å². The number of carbonyl (C=O) groups is 2. The highest BCUT2D eigenvalue weighted by molar-refractivity contribution is 7.11. The molecule has 49 heavy (non-hydrogen) atoms. The van der Waals surface area contributed by atoms with Crippen LogP contribution in [0.3, 0.4) is 0 Å². The van der Waals surface area contributed by atoms with Crippen molar-refractivity contribution in [1.82, 2.24) is 29.7 Å². The molecule has 2 N–H and O–H groups in total. The summed E-state index contributed by atoms with van der Waals surface area (Å²) in [6.45, 7) is 6.19. The number of nitrogens with zero attached hydrogens (tertiary/aromatic N) is 4. The number of hydrogen-bond donors (Lipinski definition) is 2. The zero-order valence-corrected chi connectivity index (χ0v) is 28.9. The highest BCUT2D eigenvalue weighted by atomic mass is 35.5. The van der Waals surface area contributed by atoms with Crippen molar-refractivity contribution in [2.75, 3.05) is 13.7 Å². The molecule has 256 valence electrons.